The van der Waals surface area contributed by atoms with Gasteiger partial charge < -0.3 is 25.5 Å². The van der Waals surface area contributed by atoms with Crippen molar-refractivity contribution in [1.29, 1.82) is 0 Å². The molecule has 0 aromatic heterocycles. The molecule has 0 aliphatic heterocycles. The van der Waals surface area contributed by atoms with Crippen molar-refractivity contribution >= 4 is 12.6 Å². The van der Waals surface area contributed by atoms with Gasteiger partial charge in [0.25, 0.3) is 0 Å². The minimum absolute atomic E-state index is 0. The summed E-state index contributed by atoms with van der Waals surface area (Å²) in [5.74, 6) is -0.0314. The van der Waals surface area contributed by atoms with Gasteiger partial charge in [0, 0.05) is 5.75 Å². The zero-order chi connectivity index (χ0) is 9.72. The maximum Gasteiger partial charge on any atom is 1.00 e. The first-order chi connectivity index (χ1) is 5.54. The Kier molecular flexibility index (Phi) is 9.94. The Morgan fingerprint density at radius 2 is 1.31 bits per heavy atom. The van der Waals surface area contributed by atoms with Crippen LogP contribution in [0.5, 0.6) is 0 Å². The van der Waals surface area contributed by atoms with Crippen LogP contribution < -0.4 is 0 Å². The van der Waals surface area contributed by atoms with Crippen LogP contribution in [0.1, 0.15) is 0 Å². The molecule has 13 heavy (non-hydrogen) atoms. The van der Waals surface area contributed by atoms with Gasteiger partial charge in [-0.25, -0.2) is 0 Å². The maximum atomic E-state index is 9.07. The molecule has 0 rings (SSSR count). The molecule has 5 N–H and O–H groups in total. The normalized spacial score (nSPS) is 19.8. The summed E-state index contributed by atoms with van der Waals surface area (Å²) in [6, 6.07) is 0. The second-order valence-electron chi connectivity index (χ2n) is 2.48. The molecule has 0 unspecified atom stereocenters. The van der Waals surface area contributed by atoms with Crippen molar-refractivity contribution in [2.45, 2.75) is 24.4 Å². The summed E-state index contributed by atoms with van der Waals surface area (Å²) in [7, 11) is 0. The molecule has 0 radical (unpaired) electrons. The van der Waals surface area contributed by atoms with E-state index in [2.05, 4.69) is 12.6 Å². The van der Waals surface area contributed by atoms with Crippen molar-refractivity contribution in [3.63, 3.8) is 0 Å². The number of hydrogen-bond acceptors (Lipinski definition) is 6. The zero-order valence-corrected chi connectivity index (χ0v) is 8.54. The summed E-state index contributed by atoms with van der Waals surface area (Å²) < 4.78 is 0. The topological polar surface area (TPSA) is 101 Å². The van der Waals surface area contributed by atoms with Gasteiger partial charge in [-0.2, -0.15) is 12.6 Å². The van der Waals surface area contributed by atoms with Gasteiger partial charge in [-0.3, -0.25) is 0 Å². The van der Waals surface area contributed by atoms with Crippen LogP contribution in [0.25, 0.3) is 0 Å². The summed E-state index contributed by atoms with van der Waals surface area (Å²) in [5.41, 5.74) is 0. The minimum atomic E-state index is -1.56. The second kappa shape index (κ2) is 8.02. The van der Waals surface area contributed by atoms with Crippen molar-refractivity contribution in [1.82, 2.24) is 0 Å². The van der Waals surface area contributed by atoms with E-state index in [1.165, 1.54) is 0 Å². The zero-order valence-electron chi connectivity index (χ0n) is 6.71. The molecule has 5 nitrogen and oxygen atoms in total. The predicted molar refractivity (Wildman–Crippen MR) is 45.0 cm³/mol. The SMILES string of the molecule is OC[C@@H](O)[C@H](O)[C@H](O)[C@H](O)CS.[Cu+]. The Labute approximate surface area is 92.3 Å². The molecule has 0 aromatic rings. The van der Waals surface area contributed by atoms with Gasteiger partial charge in [0.15, 0.2) is 0 Å². The van der Waals surface area contributed by atoms with Crippen LogP contribution in [-0.4, -0.2) is 62.3 Å². The fraction of sp³-hybridized carbons (Fsp3) is 1.00. The van der Waals surface area contributed by atoms with Gasteiger partial charge >= 0.3 is 17.1 Å². The Balaban J connectivity index is 0. The van der Waals surface area contributed by atoms with Crippen molar-refractivity contribution in [3.05, 3.63) is 0 Å². The van der Waals surface area contributed by atoms with E-state index in [0.717, 1.165) is 0 Å². The Hall–Kier alpha value is 0.669. The summed E-state index contributed by atoms with van der Waals surface area (Å²) in [6.45, 7) is -0.669. The summed E-state index contributed by atoms with van der Waals surface area (Å²) in [5, 5.41) is 44.3. The molecule has 0 fully saturated rings. The van der Waals surface area contributed by atoms with E-state index in [9.17, 15) is 0 Å². The molecule has 7 heteroatoms. The smallest absolute Gasteiger partial charge is 0.394 e. The number of aliphatic hydroxyl groups excluding tert-OH is 5. The number of thiol groups is 1. The van der Waals surface area contributed by atoms with Crippen LogP contribution in [0.2, 0.25) is 0 Å². The molecular formula is C6H14CuO5S+. The molecule has 0 saturated heterocycles. The number of rotatable bonds is 5. The van der Waals surface area contributed by atoms with Crippen LogP contribution in [-0.2, 0) is 17.1 Å². The predicted octanol–water partition coefficient (Wildman–Crippen LogP) is -2.65. The van der Waals surface area contributed by atoms with Gasteiger partial charge in [-0.05, 0) is 0 Å². The van der Waals surface area contributed by atoms with E-state index in [-0.39, 0.29) is 22.8 Å². The molecule has 84 valence electrons. The molecular weight excluding hydrogens is 248 g/mol. The molecule has 4 atom stereocenters. The van der Waals surface area contributed by atoms with Crippen LogP contribution in [0.15, 0.2) is 0 Å². The molecule has 0 saturated carbocycles. The molecule has 0 amide bonds. The van der Waals surface area contributed by atoms with E-state index in [4.69, 9.17) is 25.5 Å². The van der Waals surface area contributed by atoms with Gasteiger partial charge in [-0.1, -0.05) is 0 Å². The molecule has 0 aromatic carbocycles. The van der Waals surface area contributed by atoms with Crippen molar-refractivity contribution in [2.24, 2.45) is 0 Å². The second-order valence-corrected chi connectivity index (χ2v) is 2.85. The number of hydrogen-bond donors (Lipinski definition) is 6. The Morgan fingerprint density at radius 1 is 0.923 bits per heavy atom. The third kappa shape index (κ3) is 5.19. The van der Waals surface area contributed by atoms with Gasteiger partial charge in [0.2, 0.25) is 0 Å². The van der Waals surface area contributed by atoms with Crippen molar-refractivity contribution in [3.8, 4) is 0 Å². The Bertz CT molecular complexity index is 114. The fourth-order valence-corrected chi connectivity index (χ4v) is 0.887. The molecule has 0 spiro atoms. The van der Waals surface area contributed by atoms with Crippen molar-refractivity contribution < 1.29 is 42.6 Å². The molecule has 0 heterocycles. The first-order valence-electron chi connectivity index (χ1n) is 3.48. The summed E-state index contributed by atoms with van der Waals surface area (Å²) >= 11 is 3.68. The molecule has 0 aliphatic carbocycles. The largest absolute Gasteiger partial charge is 1.00 e. The van der Waals surface area contributed by atoms with E-state index in [1.807, 2.05) is 0 Å². The average molecular weight is 262 g/mol. The van der Waals surface area contributed by atoms with Crippen LogP contribution in [0.4, 0.5) is 0 Å². The number of aliphatic hydroxyl groups is 5. The van der Waals surface area contributed by atoms with Crippen LogP contribution >= 0.6 is 12.6 Å². The third-order valence-corrected chi connectivity index (χ3v) is 1.89. The van der Waals surface area contributed by atoms with Gasteiger partial charge in [0.05, 0.1) is 12.7 Å². The van der Waals surface area contributed by atoms with Crippen LogP contribution in [0, 0.1) is 0 Å². The Morgan fingerprint density at radius 3 is 1.62 bits per heavy atom. The third-order valence-electron chi connectivity index (χ3n) is 1.51. The van der Waals surface area contributed by atoms with Gasteiger partial charge in [0.1, 0.15) is 18.3 Å². The first kappa shape index (κ1) is 16.1. The quantitative estimate of drug-likeness (QED) is 0.240. The van der Waals surface area contributed by atoms with E-state index in [0.29, 0.717) is 0 Å². The van der Waals surface area contributed by atoms with E-state index >= 15 is 0 Å². The fourth-order valence-electron chi connectivity index (χ4n) is 0.671. The first-order valence-corrected chi connectivity index (χ1v) is 4.11. The van der Waals surface area contributed by atoms with E-state index in [1.54, 1.807) is 0 Å². The van der Waals surface area contributed by atoms with Crippen LogP contribution in [0.3, 0.4) is 0 Å². The molecule has 0 aliphatic rings. The maximum absolute atomic E-state index is 9.07. The summed E-state index contributed by atoms with van der Waals surface area (Å²) in [4.78, 5) is 0. The monoisotopic (exact) mass is 261 g/mol. The van der Waals surface area contributed by atoms with Crippen molar-refractivity contribution in [2.75, 3.05) is 12.4 Å². The minimum Gasteiger partial charge on any atom is -0.394 e. The summed E-state index contributed by atoms with van der Waals surface area (Å²) in [6.07, 6.45) is -5.72. The van der Waals surface area contributed by atoms with E-state index < -0.39 is 31.0 Å². The average Bonchev–Trinajstić information content (AvgIpc) is 2.12. The van der Waals surface area contributed by atoms with Gasteiger partial charge in [-0.15, -0.1) is 0 Å². The molecule has 0 bridgehead atoms. The standard InChI is InChI=1S/C6H14O5S.Cu/c7-1-3(8)5(10)6(11)4(9)2-12;/h3-12H,1-2H2;/q;+1/t3-,4-,5+,6-;/m1./s1.